The molecule has 2 fully saturated rings. The van der Waals surface area contributed by atoms with Crippen molar-refractivity contribution in [3.63, 3.8) is 0 Å². The Morgan fingerprint density at radius 3 is 2.44 bits per heavy atom. The highest BCUT2D eigenvalue weighted by Gasteiger charge is 2.35. The van der Waals surface area contributed by atoms with E-state index in [1.54, 1.807) is 0 Å². The second-order valence-corrected chi connectivity index (χ2v) is 6.63. The van der Waals surface area contributed by atoms with Gasteiger partial charge in [0.05, 0.1) is 0 Å². The summed E-state index contributed by atoms with van der Waals surface area (Å²) in [5.74, 6) is 1.72. The fourth-order valence-corrected chi connectivity index (χ4v) is 4.32. The fraction of sp³-hybridized carbons (Fsp3) is 1.00. The summed E-state index contributed by atoms with van der Waals surface area (Å²) in [6.07, 6.45) is 12.7. The lowest BCUT2D eigenvalue weighted by atomic mass is 9.75. The molecular weight excluding hydrogens is 220 g/mol. The van der Waals surface area contributed by atoms with E-state index in [4.69, 9.17) is 5.73 Å². The molecule has 2 aliphatic carbocycles. The van der Waals surface area contributed by atoms with Crippen molar-refractivity contribution in [2.75, 3.05) is 13.6 Å². The van der Waals surface area contributed by atoms with E-state index < -0.39 is 0 Å². The third-order valence-corrected chi connectivity index (χ3v) is 5.49. The molecule has 0 saturated heterocycles. The average Bonchev–Trinajstić information content (AvgIpc) is 2.92. The number of nitrogens with two attached hydrogens (primary N) is 1. The largest absolute Gasteiger partial charge is 0.330 e. The van der Waals surface area contributed by atoms with Gasteiger partial charge in [0.2, 0.25) is 0 Å². The smallest absolute Gasteiger partial charge is 0.0138 e. The molecule has 3 unspecified atom stereocenters. The van der Waals surface area contributed by atoms with Gasteiger partial charge in [-0.2, -0.15) is 0 Å². The molecule has 2 rings (SSSR count). The summed E-state index contributed by atoms with van der Waals surface area (Å²) >= 11 is 0. The number of nitrogens with zero attached hydrogens (tertiary/aromatic N) is 1. The van der Waals surface area contributed by atoms with E-state index in [0.717, 1.165) is 30.5 Å². The summed E-state index contributed by atoms with van der Waals surface area (Å²) in [6, 6.07) is 1.62. The van der Waals surface area contributed by atoms with Gasteiger partial charge in [-0.3, -0.25) is 0 Å². The van der Waals surface area contributed by atoms with Crippen LogP contribution in [0.4, 0.5) is 0 Å². The lowest BCUT2D eigenvalue weighted by Gasteiger charge is -2.43. The van der Waals surface area contributed by atoms with E-state index in [2.05, 4.69) is 18.9 Å². The van der Waals surface area contributed by atoms with Crippen molar-refractivity contribution in [3.8, 4) is 0 Å². The summed E-state index contributed by atoms with van der Waals surface area (Å²) < 4.78 is 0. The highest BCUT2D eigenvalue weighted by Crippen LogP contribution is 2.36. The Kier molecular flexibility index (Phi) is 5.50. The first-order valence-electron chi connectivity index (χ1n) is 8.18. The third kappa shape index (κ3) is 3.27. The van der Waals surface area contributed by atoms with Crippen molar-refractivity contribution in [3.05, 3.63) is 0 Å². The summed E-state index contributed by atoms with van der Waals surface area (Å²) in [5, 5.41) is 0. The normalized spacial score (nSPS) is 34.3. The maximum absolute atomic E-state index is 6.02. The zero-order valence-electron chi connectivity index (χ0n) is 12.4. The first kappa shape index (κ1) is 14.3. The maximum atomic E-state index is 6.02. The van der Waals surface area contributed by atoms with Gasteiger partial charge in [-0.25, -0.2) is 0 Å². The molecule has 2 nitrogen and oxygen atoms in total. The van der Waals surface area contributed by atoms with Gasteiger partial charge in [0, 0.05) is 12.1 Å². The van der Waals surface area contributed by atoms with Crippen LogP contribution in [0.15, 0.2) is 0 Å². The molecule has 2 saturated carbocycles. The Labute approximate surface area is 113 Å². The van der Waals surface area contributed by atoms with Gasteiger partial charge >= 0.3 is 0 Å². The van der Waals surface area contributed by atoms with Crippen molar-refractivity contribution < 1.29 is 0 Å². The van der Waals surface area contributed by atoms with Crippen LogP contribution in [0.2, 0.25) is 0 Å². The summed E-state index contributed by atoms with van der Waals surface area (Å²) in [5.41, 5.74) is 6.02. The van der Waals surface area contributed by atoms with Crippen LogP contribution in [-0.4, -0.2) is 30.6 Å². The van der Waals surface area contributed by atoms with Crippen molar-refractivity contribution >= 4 is 0 Å². The van der Waals surface area contributed by atoms with E-state index in [1.165, 1.54) is 57.8 Å². The van der Waals surface area contributed by atoms with Crippen molar-refractivity contribution in [2.24, 2.45) is 17.6 Å². The lowest BCUT2D eigenvalue weighted by molar-refractivity contribution is 0.0687. The van der Waals surface area contributed by atoms with Crippen LogP contribution in [0.3, 0.4) is 0 Å². The molecule has 0 amide bonds. The van der Waals surface area contributed by atoms with Gasteiger partial charge in [0.15, 0.2) is 0 Å². The first-order valence-corrected chi connectivity index (χ1v) is 8.18. The Bertz CT molecular complexity index is 235. The van der Waals surface area contributed by atoms with Crippen molar-refractivity contribution in [1.29, 1.82) is 0 Å². The zero-order valence-corrected chi connectivity index (χ0v) is 12.4. The summed E-state index contributed by atoms with van der Waals surface area (Å²) in [4.78, 5) is 2.71. The molecule has 106 valence electrons. The molecule has 18 heavy (non-hydrogen) atoms. The predicted octanol–water partition coefficient (Wildman–Crippen LogP) is 3.40. The monoisotopic (exact) mass is 252 g/mol. The van der Waals surface area contributed by atoms with Crippen molar-refractivity contribution in [1.82, 2.24) is 4.90 Å². The molecule has 2 N–H and O–H groups in total. The van der Waals surface area contributed by atoms with Gasteiger partial charge in [-0.05, 0) is 51.1 Å². The minimum Gasteiger partial charge on any atom is -0.330 e. The first-order chi connectivity index (χ1) is 8.76. The molecule has 2 heteroatoms. The maximum Gasteiger partial charge on any atom is 0.0138 e. The molecule has 0 aromatic rings. The Morgan fingerprint density at radius 2 is 1.83 bits per heavy atom. The molecule has 0 aromatic heterocycles. The fourth-order valence-electron chi connectivity index (χ4n) is 4.32. The highest BCUT2D eigenvalue weighted by atomic mass is 15.2. The Balaban J connectivity index is 1.95. The van der Waals surface area contributed by atoms with Crippen LogP contribution < -0.4 is 5.73 Å². The average molecular weight is 252 g/mol. The predicted molar refractivity (Wildman–Crippen MR) is 78.6 cm³/mol. The van der Waals surface area contributed by atoms with Crippen LogP contribution in [0.5, 0.6) is 0 Å². The van der Waals surface area contributed by atoms with Gasteiger partial charge in [0.25, 0.3) is 0 Å². The second-order valence-electron chi connectivity index (χ2n) is 6.63. The van der Waals surface area contributed by atoms with Crippen LogP contribution in [0.1, 0.15) is 64.7 Å². The second kappa shape index (κ2) is 6.91. The van der Waals surface area contributed by atoms with E-state index in [1.807, 2.05) is 0 Å². The van der Waals surface area contributed by atoms with Crippen LogP contribution in [0, 0.1) is 11.8 Å². The number of rotatable bonds is 5. The van der Waals surface area contributed by atoms with Crippen LogP contribution in [-0.2, 0) is 0 Å². The SMILES string of the molecule is CCCC1CCC(CN)C(N(C)C2CCCC2)C1. The van der Waals surface area contributed by atoms with Crippen LogP contribution >= 0.6 is 0 Å². The molecule has 3 atom stereocenters. The Morgan fingerprint density at radius 1 is 1.11 bits per heavy atom. The van der Waals surface area contributed by atoms with Gasteiger partial charge < -0.3 is 10.6 Å². The van der Waals surface area contributed by atoms with Gasteiger partial charge in [-0.15, -0.1) is 0 Å². The van der Waals surface area contributed by atoms with E-state index in [-0.39, 0.29) is 0 Å². The van der Waals surface area contributed by atoms with Crippen LogP contribution in [0.25, 0.3) is 0 Å². The van der Waals surface area contributed by atoms with Gasteiger partial charge in [-0.1, -0.05) is 39.0 Å². The van der Waals surface area contributed by atoms with Gasteiger partial charge in [0.1, 0.15) is 0 Å². The van der Waals surface area contributed by atoms with E-state index in [0.29, 0.717) is 0 Å². The molecule has 0 spiro atoms. The van der Waals surface area contributed by atoms with Crippen molar-refractivity contribution in [2.45, 2.75) is 76.8 Å². The standard InChI is InChI=1S/C16H32N2/c1-3-6-13-9-10-14(12-17)16(11-13)18(2)15-7-4-5-8-15/h13-16H,3-12,17H2,1-2H3. The molecule has 0 aliphatic heterocycles. The molecule has 0 bridgehead atoms. The highest BCUT2D eigenvalue weighted by molar-refractivity contribution is 4.90. The molecule has 0 radical (unpaired) electrons. The third-order valence-electron chi connectivity index (χ3n) is 5.49. The zero-order chi connectivity index (χ0) is 13.0. The molecular formula is C16H32N2. The number of hydrogen-bond acceptors (Lipinski definition) is 2. The lowest BCUT2D eigenvalue weighted by Crippen LogP contribution is -2.48. The summed E-state index contributed by atoms with van der Waals surface area (Å²) in [7, 11) is 2.37. The molecule has 0 aromatic carbocycles. The Hall–Kier alpha value is -0.0800. The summed E-state index contributed by atoms with van der Waals surface area (Å²) in [6.45, 7) is 3.21. The minimum atomic E-state index is 0.753. The quantitative estimate of drug-likeness (QED) is 0.812. The number of hydrogen-bond donors (Lipinski definition) is 1. The van der Waals surface area contributed by atoms with E-state index in [9.17, 15) is 0 Å². The molecule has 2 aliphatic rings. The topological polar surface area (TPSA) is 29.3 Å². The van der Waals surface area contributed by atoms with E-state index >= 15 is 0 Å². The minimum absolute atomic E-state index is 0.753. The molecule has 0 heterocycles.